The van der Waals surface area contributed by atoms with Gasteiger partial charge in [-0.15, -0.1) is 0 Å². The molecule has 3 aliphatic rings. The Kier molecular flexibility index (Phi) is 5.62. The van der Waals surface area contributed by atoms with Crippen molar-refractivity contribution in [2.75, 3.05) is 14.1 Å². The van der Waals surface area contributed by atoms with Crippen LogP contribution in [0.15, 0.2) is 53.3 Å². The minimum Gasteiger partial charge on any atom is -0.510 e. The molecule has 0 aromatic heterocycles. The third-order valence-corrected chi connectivity index (χ3v) is 8.03. The molecule has 0 spiro atoms. The Morgan fingerprint density at radius 2 is 1.81 bits per heavy atom. The number of ketones is 1. The van der Waals surface area contributed by atoms with Gasteiger partial charge in [-0.1, -0.05) is 18.2 Å². The molecule has 0 bridgehead atoms. The minimum absolute atomic E-state index is 0.00115. The van der Waals surface area contributed by atoms with E-state index in [1.54, 1.807) is 49.3 Å². The van der Waals surface area contributed by atoms with Gasteiger partial charge in [0.1, 0.15) is 22.9 Å². The number of nitrogens with two attached hydrogens (primary N) is 1. The molecule has 4 atom stereocenters. The third kappa shape index (κ3) is 3.52. The van der Waals surface area contributed by atoms with Crippen LogP contribution in [0.1, 0.15) is 29.5 Å². The van der Waals surface area contributed by atoms with Crippen molar-refractivity contribution in [1.29, 1.82) is 5.26 Å². The molecule has 190 valence electrons. The molecular formula is C28H27N3O6. The summed E-state index contributed by atoms with van der Waals surface area (Å²) < 4.78 is 0. The summed E-state index contributed by atoms with van der Waals surface area (Å²) in [6.45, 7) is 0. The topological polar surface area (TPSA) is 168 Å². The van der Waals surface area contributed by atoms with E-state index in [1.807, 2.05) is 0 Å². The smallest absolute Gasteiger partial charge is 0.248 e. The van der Waals surface area contributed by atoms with E-state index in [0.717, 1.165) is 11.1 Å². The zero-order valence-electron chi connectivity index (χ0n) is 20.4. The molecule has 9 nitrogen and oxygen atoms in total. The van der Waals surface area contributed by atoms with E-state index in [9.17, 15) is 30.0 Å². The Bertz CT molecular complexity index is 1450. The molecule has 0 aliphatic heterocycles. The Morgan fingerprint density at radius 3 is 2.41 bits per heavy atom. The van der Waals surface area contributed by atoms with Gasteiger partial charge >= 0.3 is 0 Å². The van der Waals surface area contributed by atoms with E-state index in [0.29, 0.717) is 17.5 Å². The largest absolute Gasteiger partial charge is 0.510 e. The standard InChI is InChI=1S/C28H27N3O6/c1-31(2)23-19-10-15-9-17-16(14-5-3-13(12-29)4-6-14)7-8-20(32)22(17)25(34)21(15)26(35)28(19,37)11-18(24(23)33)27(30)36/h3-8,15,19,23,32-34,37H,9-11H2,1-2H3,(H2,30,36). The lowest BCUT2D eigenvalue weighted by molar-refractivity contribution is -0.151. The Balaban J connectivity index is 1.67. The summed E-state index contributed by atoms with van der Waals surface area (Å²) in [5, 5.41) is 53.8. The monoisotopic (exact) mass is 501 g/mol. The second kappa shape index (κ2) is 8.47. The van der Waals surface area contributed by atoms with Gasteiger partial charge in [0.15, 0.2) is 5.78 Å². The maximum atomic E-state index is 13.9. The molecule has 3 aliphatic carbocycles. The minimum atomic E-state index is -2.07. The first kappa shape index (κ1) is 24.6. The van der Waals surface area contributed by atoms with Crippen LogP contribution in [-0.4, -0.2) is 62.8 Å². The maximum absolute atomic E-state index is 13.9. The number of benzene rings is 2. The zero-order valence-corrected chi connectivity index (χ0v) is 20.4. The van der Waals surface area contributed by atoms with E-state index in [1.165, 1.54) is 6.07 Å². The van der Waals surface area contributed by atoms with Crippen LogP contribution in [-0.2, 0) is 16.0 Å². The Hall–Kier alpha value is -4.13. The number of aromatic hydroxyl groups is 1. The number of nitrogens with zero attached hydrogens (tertiary/aromatic N) is 2. The van der Waals surface area contributed by atoms with E-state index < -0.39 is 47.3 Å². The van der Waals surface area contributed by atoms with Crippen molar-refractivity contribution in [1.82, 2.24) is 4.90 Å². The fraction of sp³-hybridized carbons (Fsp3) is 0.321. The molecule has 6 N–H and O–H groups in total. The highest BCUT2D eigenvalue weighted by Gasteiger charge is 2.60. The number of fused-ring (bicyclic) bond motifs is 3. The van der Waals surface area contributed by atoms with Gasteiger partial charge in [0.05, 0.1) is 28.8 Å². The number of aliphatic hydroxyl groups is 3. The SMILES string of the molecule is CN(C)C1C(O)=C(C(N)=O)CC2(O)C(=O)C3=C(O)c4c(O)ccc(-c5ccc(C#N)cc5)c4CC3CC12. The summed E-state index contributed by atoms with van der Waals surface area (Å²) in [7, 11) is 3.35. The van der Waals surface area contributed by atoms with Crippen molar-refractivity contribution < 1.29 is 30.0 Å². The Labute approximate surface area is 213 Å². The Morgan fingerprint density at radius 1 is 1.14 bits per heavy atom. The summed E-state index contributed by atoms with van der Waals surface area (Å²) in [6.07, 6.45) is 0.0716. The van der Waals surface area contributed by atoms with E-state index in [2.05, 4.69) is 6.07 Å². The first-order valence-corrected chi connectivity index (χ1v) is 11.9. The summed E-state index contributed by atoms with van der Waals surface area (Å²) in [5.74, 6) is -3.81. The van der Waals surface area contributed by atoms with Crippen LogP contribution >= 0.6 is 0 Å². The van der Waals surface area contributed by atoms with Gasteiger partial charge in [0.25, 0.3) is 0 Å². The molecular weight excluding hydrogens is 474 g/mol. The summed E-state index contributed by atoms with van der Waals surface area (Å²) in [4.78, 5) is 27.6. The fourth-order valence-electron chi connectivity index (χ4n) is 6.33. The average Bonchev–Trinajstić information content (AvgIpc) is 2.85. The van der Waals surface area contributed by atoms with Crippen LogP contribution in [0, 0.1) is 23.2 Å². The number of phenolic OH excluding ortho intramolecular Hbond substituents is 1. The molecule has 0 heterocycles. The first-order valence-electron chi connectivity index (χ1n) is 11.9. The molecule has 2 aromatic rings. The number of phenols is 1. The van der Waals surface area contributed by atoms with Crippen molar-refractivity contribution in [2.45, 2.75) is 30.9 Å². The number of nitriles is 1. The number of carbonyl (C=O) groups is 2. The second-order valence-electron chi connectivity index (χ2n) is 10.2. The number of hydrogen-bond acceptors (Lipinski definition) is 8. The van der Waals surface area contributed by atoms with Crippen LogP contribution < -0.4 is 5.73 Å². The van der Waals surface area contributed by atoms with Gasteiger partial charge in [-0.3, -0.25) is 14.5 Å². The highest BCUT2D eigenvalue weighted by Crippen LogP contribution is 2.53. The molecule has 1 saturated carbocycles. The fourth-order valence-corrected chi connectivity index (χ4v) is 6.33. The van der Waals surface area contributed by atoms with Crippen LogP contribution in [0.4, 0.5) is 0 Å². The maximum Gasteiger partial charge on any atom is 0.248 e. The number of aliphatic hydroxyl groups excluding tert-OH is 2. The molecule has 0 radical (unpaired) electrons. The van der Waals surface area contributed by atoms with Gasteiger partial charge in [0, 0.05) is 17.9 Å². The third-order valence-electron chi connectivity index (χ3n) is 8.03. The molecule has 37 heavy (non-hydrogen) atoms. The van der Waals surface area contributed by atoms with Gasteiger partial charge in [-0.25, -0.2) is 0 Å². The predicted molar refractivity (Wildman–Crippen MR) is 134 cm³/mol. The van der Waals surface area contributed by atoms with E-state index in [-0.39, 0.29) is 34.6 Å². The van der Waals surface area contributed by atoms with Gasteiger partial charge in [-0.2, -0.15) is 5.26 Å². The molecule has 0 saturated heterocycles. The highest BCUT2D eigenvalue weighted by molar-refractivity contribution is 6.10. The lowest BCUT2D eigenvalue weighted by atomic mass is 9.57. The molecule has 4 unspecified atom stereocenters. The van der Waals surface area contributed by atoms with Gasteiger partial charge in [-0.05, 0) is 67.7 Å². The number of Topliss-reactive ketones (excluding diaryl/α,β-unsaturated/α-hetero) is 1. The first-order chi connectivity index (χ1) is 17.5. The molecule has 1 amide bonds. The molecule has 5 rings (SSSR count). The number of primary amides is 1. The molecule has 2 aromatic carbocycles. The quantitative estimate of drug-likeness (QED) is 0.427. The number of amides is 1. The summed E-state index contributed by atoms with van der Waals surface area (Å²) in [5.41, 5.74) is 5.96. The number of carbonyl (C=O) groups excluding carboxylic acids is 2. The molecule has 9 heteroatoms. The van der Waals surface area contributed by atoms with E-state index >= 15 is 0 Å². The predicted octanol–water partition coefficient (Wildman–Crippen LogP) is 2.32. The second-order valence-corrected chi connectivity index (χ2v) is 10.2. The van der Waals surface area contributed by atoms with Crippen LogP contribution in [0.5, 0.6) is 5.75 Å². The van der Waals surface area contributed by atoms with Gasteiger partial charge < -0.3 is 26.2 Å². The lowest BCUT2D eigenvalue weighted by Crippen LogP contribution is -2.62. The van der Waals surface area contributed by atoms with Crippen molar-refractivity contribution in [3.8, 4) is 22.9 Å². The van der Waals surface area contributed by atoms with Crippen molar-refractivity contribution in [3.05, 3.63) is 70.0 Å². The highest BCUT2D eigenvalue weighted by atomic mass is 16.3. The number of hydrogen-bond donors (Lipinski definition) is 5. The summed E-state index contributed by atoms with van der Waals surface area (Å²) >= 11 is 0. The van der Waals surface area contributed by atoms with Crippen molar-refractivity contribution in [3.63, 3.8) is 0 Å². The van der Waals surface area contributed by atoms with Crippen LogP contribution in [0.25, 0.3) is 16.9 Å². The van der Waals surface area contributed by atoms with Crippen molar-refractivity contribution >= 4 is 17.4 Å². The zero-order chi connectivity index (χ0) is 26.8. The van der Waals surface area contributed by atoms with E-state index in [4.69, 9.17) is 11.0 Å². The number of rotatable bonds is 3. The van der Waals surface area contributed by atoms with Crippen LogP contribution in [0.2, 0.25) is 0 Å². The van der Waals surface area contributed by atoms with Gasteiger partial charge in [0.2, 0.25) is 5.91 Å². The molecule has 1 fully saturated rings. The van der Waals surface area contributed by atoms with Crippen molar-refractivity contribution in [2.24, 2.45) is 17.6 Å². The lowest BCUT2D eigenvalue weighted by Gasteiger charge is -2.51. The average molecular weight is 502 g/mol. The number of likely N-dealkylation sites (N-methyl/N-ethyl adjacent to an activating group) is 1. The normalized spacial score (nSPS) is 26.9. The summed E-state index contributed by atoms with van der Waals surface area (Å²) in [6, 6.07) is 11.3. The van der Waals surface area contributed by atoms with Crippen LogP contribution in [0.3, 0.4) is 0 Å².